The predicted octanol–water partition coefficient (Wildman–Crippen LogP) is -1.74. The maximum Gasteiger partial charge on any atom is 0.326 e. The van der Waals surface area contributed by atoms with E-state index in [0.717, 1.165) is 13.0 Å². The molecular weight excluding hydrogens is 318 g/mol. The third-order valence-corrected chi connectivity index (χ3v) is 3.71. The fourth-order valence-corrected chi connectivity index (χ4v) is 2.36. The molecule has 0 bridgehead atoms. The van der Waals surface area contributed by atoms with E-state index in [9.17, 15) is 19.2 Å². The van der Waals surface area contributed by atoms with Crippen molar-refractivity contribution >= 4 is 23.8 Å². The minimum atomic E-state index is -1.18. The number of carbonyl (C=O) groups is 4. The van der Waals surface area contributed by atoms with Gasteiger partial charge in [0, 0.05) is 6.54 Å². The van der Waals surface area contributed by atoms with E-state index in [1.807, 2.05) is 0 Å². The fourth-order valence-electron chi connectivity index (χ4n) is 2.36. The van der Waals surface area contributed by atoms with Crippen LogP contribution < -0.4 is 27.0 Å². The van der Waals surface area contributed by atoms with Gasteiger partial charge >= 0.3 is 12.0 Å². The summed E-state index contributed by atoms with van der Waals surface area (Å²) in [6, 6.07) is -2.94. The SMILES string of the molecule is C[C@H](NC(=O)[C@@H]1CCCN1)C(=O)N[C@@H](CCCNC(N)=O)C(=O)O. The molecule has 1 aliphatic heterocycles. The number of rotatable bonds is 9. The van der Waals surface area contributed by atoms with Gasteiger partial charge in [-0.15, -0.1) is 0 Å². The van der Waals surface area contributed by atoms with Gasteiger partial charge in [0.25, 0.3) is 0 Å². The fraction of sp³-hybridized carbons (Fsp3) is 0.714. The van der Waals surface area contributed by atoms with Crippen LogP contribution in [0.15, 0.2) is 0 Å². The van der Waals surface area contributed by atoms with Gasteiger partial charge in [0.15, 0.2) is 0 Å². The highest BCUT2D eigenvalue weighted by molar-refractivity contribution is 5.91. The van der Waals surface area contributed by atoms with Crippen LogP contribution in [0.4, 0.5) is 4.79 Å². The molecule has 4 amide bonds. The Hall–Kier alpha value is -2.36. The second kappa shape index (κ2) is 9.71. The summed E-state index contributed by atoms with van der Waals surface area (Å²) in [7, 11) is 0. The highest BCUT2D eigenvalue weighted by Gasteiger charge is 2.27. The third-order valence-electron chi connectivity index (χ3n) is 3.71. The highest BCUT2D eigenvalue weighted by Crippen LogP contribution is 2.05. The number of urea groups is 1. The predicted molar refractivity (Wildman–Crippen MR) is 85.0 cm³/mol. The average molecular weight is 343 g/mol. The summed E-state index contributed by atoms with van der Waals surface area (Å²) in [6.45, 7) is 2.48. The third kappa shape index (κ3) is 6.82. The van der Waals surface area contributed by atoms with E-state index in [2.05, 4.69) is 21.3 Å². The van der Waals surface area contributed by atoms with Crippen LogP contribution in [-0.2, 0) is 14.4 Å². The number of aliphatic carboxylic acids is 1. The lowest BCUT2D eigenvalue weighted by molar-refractivity contribution is -0.142. The normalized spacial score (nSPS) is 19.1. The van der Waals surface area contributed by atoms with Crippen molar-refractivity contribution in [3.8, 4) is 0 Å². The van der Waals surface area contributed by atoms with Gasteiger partial charge in [0.1, 0.15) is 12.1 Å². The molecule has 1 fully saturated rings. The molecule has 0 radical (unpaired) electrons. The molecule has 1 heterocycles. The van der Waals surface area contributed by atoms with Crippen molar-refractivity contribution in [2.75, 3.05) is 13.1 Å². The minimum Gasteiger partial charge on any atom is -0.480 e. The Kier molecular flexibility index (Phi) is 7.96. The molecule has 1 aliphatic rings. The molecule has 0 aromatic heterocycles. The van der Waals surface area contributed by atoms with Gasteiger partial charge in [-0.1, -0.05) is 0 Å². The molecule has 7 N–H and O–H groups in total. The van der Waals surface area contributed by atoms with E-state index in [0.29, 0.717) is 12.8 Å². The maximum absolute atomic E-state index is 12.0. The lowest BCUT2D eigenvalue weighted by atomic mass is 10.1. The van der Waals surface area contributed by atoms with E-state index in [1.54, 1.807) is 0 Å². The Bertz CT molecular complexity index is 478. The highest BCUT2D eigenvalue weighted by atomic mass is 16.4. The zero-order valence-electron chi connectivity index (χ0n) is 13.6. The van der Waals surface area contributed by atoms with Crippen molar-refractivity contribution in [1.29, 1.82) is 0 Å². The molecule has 136 valence electrons. The van der Waals surface area contributed by atoms with Gasteiger partial charge in [-0.2, -0.15) is 0 Å². The number of nitrogens with two attached hydrogens (primary N) is 1. The Labute approximate surface area is 139 Å². The van der Waals surface area contributed by atoms with Gasteiger partial charge < -0.3 is 32.1 Å². The number of carboxylic acids is 1. The van der Waals surface area contributed by atoms with Gasteiger partial charge in [0.05, 0.1) is 6.04 Å². The summed E-state index contributed by atoms with van der Waals surface area (Å²) >= 11 is 0. The van der Waals surface area contributed by atoms with E-state index < -0.39 is 30.0 Å². The Morgan fingerprint density at radius 2 is 2.00 bits per heavy atom. The molecule has 0 aromatic carbocycles. The number of nitrogens with one attached hydrogen (secondary N) is 4. The molecule has 0 aliphatic carbocycles. The van der Waals surface area contributed by atoms with E-state index in [1.165, 1.54) is 6.92 Å². The molecule has 0 unspecified atom stereocenters. The Morgan fingerprint density at radius 3 is 2.54 bits per heavy atom. The number of hydrogen-bond donors (Lipinski definition) is 6. The monoisotopic (exact) mass is 343 g/mol. The van der Waals surface area contributed by atoms with Crippen LogP contribution in [0.25, 0.3) is 0 Å². The molecule has 24 heavy (non-hydrogen) atoms. The lowest BCUT2D eigenvalue weighted by Gasteiger charge is -2.20. The Balaban J connectivity index is 2.40. The topological polar surface area (TPSA) is 163 Å². The molecule has 0 saturated carbocycles. The summed E-state index contributed by atoms with van der Waals surface area (Å²) in [4.78, 5) is 45.7. The number of carbonyl (C=O) groups excluding carboxylic acids is 3. The van der Waals surface area contributed by atoms with Crippen molar-refractivity contribution in [2.24, 2.45) is 5.73 Å². The standard InChI is InChI=1S/C14H25N5O5/c1-8(18-12(21)9-4-2-6-16-9)11(20)19-10(13(22)23)5-3-7-17-14(15)24/h8-10,16H,2-7H2,1H3,(H,18,21)(H,19,20)(H,22,23)(H3,15,17,24)/t8-,9-,10-/m0/s1. The number of carboxylic acid groups (broad SMARTS) is 1. The first kappa shape index (κ1) is 19.7. The largest absolute Gasteiger partial charge is 0.480 e. The zero-order chi connectivity index (χ0) is 18.1. The summed E-state index contributed by atoms with van der Waals surface area (Å²) in [6.07, 6.45) is 2.09. The summed E-state index contributed by atoms with van der Waals surface area (Å²) in [5.74, 6) is -2.03. The molecule has 10 nitrogen and oxygen atoms in total. The van der Waals surface area contributed by atoms with Crippen LogP contribution in [0.2, 0.25) is 0 Å². The molecule has 3 atom stereocenters. The van der Waals surface area contributed by atoms with Gasteiger partial charge in [-0.25, -0.2) is 9.59 Å². The van der Waals surface area contributed by atoms with Crippen molar-refractivity contribution in [3.05, 3.63) is 0 Å². The number of primary amides is 1. The van der Waals surface area contributed by atoms with Crippen molar-refractivity contribution in [2.45, 2.75) is 50.7 Å². The molecular formula is C14H25N5O5. The zero-order valence-corrected chi connectivity index (χ0v) is 13.6. The van der Waals surface area contributed by atoms with Crippen molar-refractivity contribution in [3.63, 3.8) is 0 Å². The molecule has 1 saturated heterocycles. The van der Waals surface area contributed by atoms with E-state index in [4.69, 9.17) is 10.8 Å². The van der Waals surface area contributed by atoms with Crippen LogP contribution in [0, 0.1) is 0 Å². The summed E-state index contributed by atoms with van der Waals surface area (Å²) < 4.78 is 0. The van der Waals surface area contributed by atoms with E-state index in [-0.39, 0.29) is 24.9 Å². The first-order chi connectivity index (χ1) is 11.3. The van der Waals surface area contributed by atoms with Crippen molar-refractivity contribution < 1.29 is 24.3 Å². The average Bonchev–Trinajstić information content (AvgIpc) is 3.03. The number of amides is 4. The molecule has 0 spiro atoms. The maximum atomic E-state index is 12.0. The molecule has 10 heteroatoms. The smallest absolute Gasteiger partial charge is 0.326 e. The van der Waals surface area contributed by atoms with Crippen LogP contribution in [0.1, 0.15) is 32.6 Å². The second-order valence-electron chi connectivity index (χ2n) is 5.71. The van der Waals surface area contributed by atoms with Crippen LogP contribution >= 0.6 is 0 Å². The second-order valence-corrected chi connectivity index (χ2v) is 5.71. The minimum absolute atomic E-state index is 0.131. The van der Waals surface area contributed by atoms with Gasteiger partial charge in [-0.3, -0.25) is 9.59 Å². The van der Waals surface area contributed by atoms with Crippen LogP contribution in [0.3, 0.4) is 0 Å². The van der Waals surface area contributed by atoms with Crippen LogP contribution in [-0.4, -0.2) is 60.1 Å². The van der Waals surface area contributed by atoms with Crippen LogP contribution in [0.5, 0.6) is 0 Å². The Morgan fingerprint density at radius 1 is 1.29 bits per heavy atom. The quantitative estimate of drug-likeness (QED) is 0.272. The lowest BCUT2D eigenvalue weighted by Crippen LogP contribution is -2.53. The first-order valence-corrected chi connectivity index (χ1v) is 7.91. The molecule has 0 aromatic rings. The molecule has 1 rings (SSSR count). The summed E-state index contributed by atoms with van der Waals surface area (Å²) in [5, 5.41) is 19.5. The van der Waals surface area contributed by atoms with Gasteiger partial charge in [-0.05, 0) is 39.2 Å². The number of hydrogen-bond acceptors (Lipinski definition) is 5. The first-order valence-electron chi connectivity index (χ1n) is 7.91. The van der Waals surface area contributed by atoms with Gasteiger partial charge in [0.2, 0.25) is 11.8 Å². The van der Waals surface area contributed by atoms with E-state index >= 15 is 0 Å². The van der Waals surface area contributed by atoms with Crippen molar-refractivity contribution in [1.82, 2.24) is 21.3 Å². The summed E-state index contributed by atoms with van der Waals surface area (Å²) in [5.41, 5.74) is 4.91.